The highest BCUT2D eigenvalue weighted by atomic mass is 32.2. The largest absolute Gasteiger partial charge is 0.497 e. The van der Waals surface area contributed by atoms with E-state index in [1.165, 1.54) is 5.56 Å². The molecular weight excluding hydrogens is 464 g/mol. The highest BCUT2D eigenvalue weighted by molar-refractivity contribution is 7.99. The Kier molecular flexibility index (Phi) is 6.51. The third-order valence-electron chi connectivity index (χ3n) is 6.52. The molecule has 0 bridgehead atoms. The lowest BCUT2D eigenvalue weighted by atomic mass is 9.90. The maximum Gasteiger partial charge on any atom is 0.267 e. The first-order valence-corrected chi connectivity index (χ1v) is 13.3. The van der Waals surface area contributed by atoms with Gasteiger partial charge in [-0.1, -0.05) is 49.0 Å². The van der Waals surface area contributed by atoms with E-state index in [0.717, 1.165) is 62.3 Å². The van der Waals surface area contributed by atoms with Gasteiger partial charge in [0.05, 0.1) is 30.4 Å². The van der Waals surface area contributed by atoms with Gasteiger partial charge in [-0.3, -0.25) is 9.36 Å². The molecule has 1 atom stereocenters. The molecule has 5 nitrogen and oxygen atoms in total. The van der Waals surface area contributed by atoms with Gasteiger partial charge in [-0.25, -0.2) is 4.98 Å². The number of hydrogen-bond acceptors (Lipinski definition) is 6. The van der Waals surface area contributed by atoms with Gasteiger partial charge in [0.2, 0.25) is 0 Å². The summed E-state index contributed by atoms with van der Waals surface area (Å²) in [5, 5.41) is 1.46. The molecule has 4 aromatic rings. The van der Waals surface area contributed by atoms with E-state index in [0.29, 0.717) is 6.61 Å². The molecule has 0 radical (unpaired) electrons. The van der Waals surface area contributed by atoms with Crippen LogP contribution in [-0.4, -0.2) is 28.0 Å². The van der Waals surface area contributed by atoms with Gasteiger partial charge < -0.3 is 9.47 Å². The summed E-state index contributed by atoms with van der Waals surface area (Å²) in [6.07, 6.45) is 2.54. The van der Waals surface area contributed by atoms with Crippen LogP contribution in [0.25, 0.3) is 15.9 Å². The maximum atomic E-state index is 14.0. The van der Waals surface area contributed by atoms with Crippen molar-refractivity contribution < 1.29 is 9.47 Å². The number of benzene rings is 2. The molecule has 0 fully saturated rings. The molecule has 1 aliphatic heterocycles. The van der Waals surface area contributed by atoms with Gasteiger partial charge in [0.1, 0.15) is 10.6 Å². The second-order valence-electron chi connectivity index (χ2n) is 8.77. The first-order chi connectivity index (χ1) is 16.5. The van der Waals surface area contributed by atoms with Crippen molar-refractivity contribution in [1.29, 1.82) is 0 Å². The number of fused-ring (bicyclic) bond motifs is 3. The van der Waals surface area contributed by atoms with E-state index in [1.54, 1.807) is 34.8 Å². The van der Waals surface area contributed by atoms with E-state index in [-0.39, 0.29) is 11.2 Å². The van der Waals surface area contributed by atoms with Crippen molar-refractivity contribution in [3.8, 4) is 11.4 Å². The normalized spacial score (nSPS) is 17.6. The fourth-order valence-electron chi connectivity index (χ4n) is 4.29. The maximum absolute atomic E-state index is 14.0. The first-order valence-electron chi connectivity index (χ1n) is 11.5. The summed E-state index contributed by atoms with van der Waals surface area (Å²) in [4.78, 5) is 21.0. The Balaban J connectivity index is 1.60. The first kappa shape index (κ1) is 23.1. The standard InChI is InChI=1S/C27H28N2O3S2/c1-4-27(2)16-21-22(17-32-27)34-24-23(21)25(30)29(19-10-12-20(31-3)13-11-19)26(28-24)33-15-14-18-8-6-5-7-9-18/h5-13H,4,14-17H2,1-3H3/t27-/m0/s1. The van der Waals surface area contributed by atoms with Crippen molar-refractivity contribution in [2.24, 2.45) is 0 Å². The smallest absolute Gasteiger partial charge is 0.267 e. The zero-order valence-corrected chi connectivity index (χ0v) is 21.3. The third kappa shape index (κ3) is 4.40. The van der Waals surface area contributed by atoms with E-state index < -0.39 is 0 Å². The third-order valence-corrected chi connectivity index (χ3v) is 8.56. The number of nitrogens with zero attached hydrogens (tertiary/aromatic N) is 2. The number of aryl methyl sites for hydroxylation is 1. The van der Waals surface area contributed by atoms with Crippen LogP contribution >= 0.6 is 23.1 Å². The topological polar surface area (TPSA) is 53.4 Å². The summed E-state index contributed by atoms with van der Waals surface area (Å²) in [7, 11) is 1.64. The highest BCUT2D eigenvalue weighted by Gasteiger charge is 2.33. The van der Waals surface area contributed by atoms with Crippen molar-refractivity contribution in [2.75, 3.05) is 12.9 Å². The Morgan fingerprint density at radius 1 is 1.18 bits per heavy atom. The highest BCUT2D eigenvalue weighted by Crippen LogP contribution is 2.39. The molecule has 0 saturated carbocycles. The minimum atomic E-state index is -0.249. The number of rotatable bonds is 7. The predicted octanol–water partition coefficient (Wildman–Crippen LogP) is 6.03. The zero-order chi connectivity index (χ0) is 23.7. The monoisotopic (exact) mass is 492 g/mol. The van der Waals surface area contributed by atoms with Crippen molar-refractivity contribution >= 4 is 33.3 Å². The molecule has 0 amide bonds. The van der Waals surface area contributed by atoms with E-state index in [1.807, 2.05) is 30.3 Å². The fourth-order valence-corrected chi connectivity index (χ4v) is 6.43. The zero-order valence-electron chi connectivity index (χ0n) is 19.7. The van der Waals surface area contributed by atoms with Gasteiger partial charge >= 0.3 is 0 Å². The molecule has 2 aromatic carbocycles. The Morgan fingerprint density at radius 3 is 2.65 bits per heavy atom. The number of thioether (sulfide) groups is 1. The van der Waals surface area contributed by atoms with Gasteiger partial charge in [0.15, 0.2) is 5.16 Å². The van der Waals surface area contributed by atoms with E-state index in [2.05, 4.69) is 38.1 Å². The number of hydrogen-bond donors (Lipinski definition) is 0. The molecule has 0 saturated heterocycles. The van der Waals surface area contributed by atoms with Gasteiger partial charge in [-0.15, -0.1) is 11.3 Å². The molecule has 0 aliphatic carbocycles. The summed E-state index contributed by atoms with van der Waals surface area (Å²) >= 11 is 3.22. The Bertz CT molecular complexity index is 1360. The molecule has 0 unspecified atom stereocenters. The molecule has 34 heavy (non-hydrogen) atoms. The Labute approximate surface area is 207 Å². The van der Waals surface area contributed by atoms with Crippen molar-refractivity contribution in [2.45, 2.75) is 50.5 Å². The summed E-state index contributed by atoms with van der Waals surface area (Å²) in [5.74, 6) is 1.59. The van der Waals surface area contributed by atoms with Crippen LogP contribution in [0.4, 0.5) is 0 Å². The molecular formula is C27H28N2O3S2. The van der Waals surface area contributed by atoms with E-state index >= 15 is 0 Å². The molecule has 5 rings (SSSR count). The molecule has 1 aliphatic rings. The van der Waals surface area contributed by atoms with Crippen LogP contribution in [0.2, 0.25) is 0 Å². The number of thiophene rings is 1. The SMILES string of the molecule is CC[C@@]1(C)Cc2c(sc3nc(SCCc4ccccc4)n(-c4ccc(OC)cc4)c(=O)c23)CO1. The van der Waals surface area contributed by atoms with Crippen LogP contribution in [0.1, 0.15) is 36.3 Å². The van der Waals surface area contributed by atoms with E-state index in [9.17, 15) is 4.79 Å². The minimum absolute atomic E-state index is 0.00442. The van der Waals surface area contributed by atoms with Gasteiger partial charge in [-0.05, 0) is 55.2 Å². The lowest BCUT2D eigenvalue weighted by molar-refractivity contribution is -0.0543. The summed E-state index contributed by atoms with van der Waals surface area (Å²) in [6, 6.07) is 18.0. The van der Waals surface area contributed by atoms with Crippen molar-refractivity contribution in [1.82, 2.24) is 9.55 Å². The fraction of sp³-hybridized carbons (Fsp3) is 0.333. The summed E-state index contributed by atoms with van der Waals surface area (Å²) in [6.45, 7) is 4.80. The lowest BCUT2D eigenvalue weighted by Crippen LogP contribution is -2.34. The molecule has 0 spiro atoms. The minimum Gasteiger partial charge on any atom is -0.497 e. The molecule has 176 valence electrons. The second-order valence-corrected chi connectivity index (χ2v) is 10.9. The number of ether oxygens (including phenoxy) is 2. The second kappa shape index (κ2) is 9.56. The van der Waals surface area contributed by atoms with Gasteiger partial charge in [-0.2, -0.15) is 0 Å². The van der Waals surface area contributed by atoms with Crippen LogP contribution in [0.15, 0.2) is 64.5 Å². The Hall–Kier alpha value is -2.61. The lowest BCUT2D eigenvalue weighted by Gasteiger charge is -2.32. The van der Waals surface area contributed by atoms with Crippen LogP contribution in [0, 0.1) is 0 Å². The average Bonchev–Trinajstić information content (AvgIpc) is 3.22. The van der Waals surface area contributed by atoms with E-state index in [4.69, 9.17) is 14.5 Å². The molecule has 3 heterocycles. The van der Waals surface area contributed by atoms with Crippen molar-refractivity contribution in [3.05, 3.63) is 81.0 Å². The van der Waals surface area contributed by atoms with Crippen LogP contribution in [0.3, 0.4) is 0 Å². The van der Waals surface area contributed by atoms with Crippen LogP contribution in [0.5, 0.6) is 5.75 Å². The quantitative estimate of drug-likeness (QED) is 0.233. The van der Waals surface area contributed by atoms with Crippen molar-refractivity contribution in [3.63, 3.8) is 0 Å². The van der Waals surface area contributed by atoms with Crippen LogP contribution in [-0.2, 0) is 24.2 Å². The Morgan fingerprint density at radius 2 is 1.94 bits per heavy atom. The molecule has 7 heteroatoms. The summed E-state index contributed by atoms with van der Waals surface area (Å²) in [5.41, 5.74) is 2.93. The van der Waals surface area contributed by atoms with Gasteiger partial charge in [0, 0.05) is 17.1 Å². The molecule has 2 aromatic heterocycles. The summed E-state index contributed by atoms with van der Waals surface area (Å²) < 4.78 is 13.2. The van der Waals surface area contributed by atoms with Gasteiger partial charge in [0.25, 0.3) is 5.56 Å². The number of aromatic nitrogens is 2. The predicted molar refractivity (Wildman–Crippen MR) is 140 cm³/mol. The number of methoxy groups -OCH3 is 1. The van der Waals surface area contributed by atoms with Crippen LogP contribution < -0.4 is 10.3 Å². The average molecular weight is 493 g/mol. The molecule has 0 N–H and O–H groups in total.